The van der Waals surface area contributed by atoms with E-state index in [0.717, 1.165) is 18.4 Å². The van der Waals surface area contributed by atoms with E-state index in [-0.39, 0.29) is 12.1 Å². The molecule has 1 aromatic rings. The molecule has 0 radical (unpaired) electrons. The van der Waals surface area contributed by atoms with E-state index >= 15 is 0 Å². The number of rotatable bonds is 4. The molecule has 2 N–H and O–H groups in total. The van der Waals surface area contributed by atoms with Crippen LogP contribution in [0.5, 0.6) is 11.8 Å². The smallest absolute Gasteiger partial charge is 0.223 e. The highest BCUT2D eigenvalue weighted by atomic mass is 16.5. The average Bonchev–Trinajstić information content (AvgIpc) is 2.37. The Labute approximate surface area is 108 Å². The van der Waals surface area contributed by atoms with Crippen molar-refractivity contribution >= 4 is 0 Å². The maximum Gasteiger partial charge on any atom is 0.223 e. The molecule has 1 aliphatic rings. The lowest BCUT2D eigenvalue weighted by atomic mass is 9.93. The van der Waals surface area contributed by atoms with E-state index in [2.05, 4.69) is 9.97 Å². The molecule has 0 aliphatic heterocycles. The van der Waals surface area contributed by atoms with Crippen molar-refractivity contribution < 1.29 is 9.47 Å². The van der Waals surface area contributed by atoms with Gasteiger partial charge in [0.05, 0.1) is 12.2 Å². The van der Waals surface area contributed by atoms with Crippen LogP contribution in [0, 0.1) is 6.92 Å². The van der Waals surface area contributed by atoms with Crippen LogP contribution in [-0.4, -0.2) is 28.7 Å². The van der Waals surface area contributed by atoms with Gasteiger partial charge in [-0.2, -0.15) is 0 Å². The number of hydrogen-bond donors (Lipinski definition) is 1. The maximum absolute atomic E-state index is 6.07. The molecule has 2 unspecified atom stereocenters. The van der Waals surface area contributed by atoms with Gasteiger partial charge in [-0.3, -0.25) is 0 Å². The molecular formula is C13H21N3O2. The highest BCUT2D eigenvalue weighted by molar-refractivity contribution is 5.32. The van der Waals surface area contributed by atoms with Crippen molar-refractivity contribution in [1.82, 2.24) is 9.97 Å². The lowest BCUT2D eigenvalue weighted by Crippen LogP contribution is -2.41. The molecule has 0 spiro atoms. The number of nitrogens with zero attached hydrogens (tertiary/aromatic N) is 2. The number of ether oxygens (including phenoxy) is 2. The van der Waals surface area contributed by atoms with Crippen LogP contribution in [0.1, 0.15) is 38.2 Å². The van der Waals surface area contributed by atoms with Crippen molar-refractivity contribution in [3.05, 3.63) is 11.9 Å². The lowest BCUT2D eigenvalue weighted by Gasteiger charge is -2.29. The molecule has 18 heavy (non-hydrogen) atoms. The summed E-state index contributed by atoms with van der Waals surface area (Å²) in [6.07, 6.45) is 5.90. The molecule has 2 rings (SSSR count). The van der Waals surface area contributed by atoms with E-state index in [4.69, 9.17) is 15.2 Å². The summed E-state index contributed by atoms with van der Waals surface area (Å²) in [5.41, 5.74) is 6.92. The number of aromatic nitrogens is 2. The third kappa shape index (κ3) is 2.90. The second-order valence-electron chi connectivity index (χ2n) is 4.65. The zero-order valence-electron chi connectivity index (χ0n) is 11.1. The first-order valence-corrected chi connectivity index (χ1v) is 6.59. The predicted octanol–water partition coefficient (Wildman–Crippen LogP) is 1.83. The zero-order chi connectivity index (χ0) is 13.0. The molecule has 0 bridgehead atoms. The molecule has 0 aromatic carbocycles. The van der Waals surface area contributed by atoms with E-state index in [1.165, 1.54) is 19.2 Å². The van der Waals surface area contributed by atoms with Gasteiger partial charge in [0.1, 0.15) is 12.4 Å². The Bertz CT molecular complexity index is 398. The summed E-state index contributed by atoms with van der Waals surface area (Å²) in [5, 5.41) is 0. The van der Waals surface area contributed by atoms with Crippen molar-refractivity contribution in [1.29, 1.82) is 0 Å². The fourth-order valence-electron chi connectivity index (χ4n) is 2.24. The van der Waals surface area contributed by atoms with Crippen LogP contribution in [0.2, 0.25) is 0 Å². The average molecular weight is 251 g/mol. The molecule has 2 atom stereocenters. The molecule has 5 heteroatoms. The summed E-state index contributed by atoms with van der Waals surface area (Å²) >= 11 is 0. The minimum atomic E-state index is 0.0572. The summed E-state index contributed by atoms with van der Waals surface area (Å²) in [4.78, 5) is 8.28. The van der Waals surface area contributed by atoms with Crippen molar-refractivity contribution in [2.75, 3.05) is 6.61 Å². The second-order valence-corrected chi connectivity index (χ2v) is 4.65. The topological polar surface area (TPSA) is 70.3 Å². The maximum atomic E-state index is 6.07. The quantitative estimate of drug-likeness (QED) is 0.884. The number of nitrogens with two attached hydrogens (primary N) is 1. The van der Waals surface area contributed by atoms with Crippen LogP contribution >= 0.6 is 0 Å². The van der Waals surface area contributed by atoms with E-state index in [1.54, 1.807) is 0 Å². The van der Waals surface area contributed by atoms with E-state index in [0.29, 0.717) is 18.4 Å². The van der Waals surface area contributed by atoms with Gasteiger partial charge in [-0.05, 0) is 33.1 Å². The fourth-order valence-corrected chi connectivity index (χ4v) is 2.24. The van der Waals surface area contributed by atoms with Gasteiger partial charge >= 0.3 is 0 Å². The normalized spacial score (nSPS) is 23.7. The van der Waals surface area contributed by atoms with Crippen molar-refractivity contribution in [2.24, 2.45) is 5.73 Å². The Hall–Kier alpha value is -1.36. The second kappa shape index (κ2) is 6.00. The highest BCUT2D eigenvalue weighted by Gasteiger charge is 2.25. The first-order valence-electron chi connectivity index (χ1n) is 6.59. The fraction of sp³-hybridized carbons (Fsp3) is 0.692. The van der Waals surface area contributed by atoms with Crippen LogP contribution in [-0.2, 0) is 0 Å². The zero-order valence-corrected chi connectivity index (χ0v) is 11.1. The third-order valence-corrected chi connectivity index (χ3v) is 3.29. The Kier molecular flexibility index (Phi) is 4.36. The largest absolute Gasteiger partial charge is 0.478 e. The highest BCUT2D eigenvalue weighted by Crippen LogP contribution is 2.27. The predicted molar refractivity (Wildman–Crippen MR) is 68.8 cm³/mol. The Morgan fingerprint density at radius 2 is 2.00 bits per heavy atom. The number of hydrogen-bond acceptors (Lipinski definition) is 5. The SMILES string of the molecule is CCOc1ncnc(OC2CCCCC2N)c1C. The minimum absolute atomic E-state index is 0.0572. The van der Waals surface area contributed by atoms with E-state index in [9.17, 15) is 0 Å². The van der Waals surface area contributed by atoms with Gasteiger partial charge in [0.15, 0.2) is 0 Å². The van der Waals surface area contributed by atoms with Gasteiger partial charge < -0.3 is 15.2 Å². The summed E-state index contributed by atoms with van der Waals surface area (Å²) in [6.45, 7) is 4.42. The monoisotopic (exact) mass is 251 g/mol. The first-order chi connectivity index (χ1) is 8.72. The summed E-state index contributed by atoms with van der Waals surface area (Å²) in [5.74, 6) is 1.18. The van der Waals surface area contributed by atoms with Crippen molar-refractivity contribution in [3.8, 4) is 11.8 Å². The van der Waals surface area contributed by atoms with Crippen LogP contribution in [0.25, 0.3) is 0 Å². The van der Waals surface area contributed by atoms with Crippen LogP contribution in [0.15, 0.2) is 6.33 Å². The van der Waals surface area contributed by atoms with Gasteiger partial charge in [0.2, 0.25) is 11.8 Å². The van der Waals surface area contributed by atoms with Crippen LogP contribution in [0.4, 0.5) is 0 Å². The molecule has 1 fully saturated rings. The molecule has 100 valence electrons. The van der Waals surface area contributed by atoms with Gasteiger partial charge in [0, 0.05) is 6.04 Å². The standard InChI is InChI=1S/C13H21N3O2/c1-3-17-12-9(2)13(16-8-15-12)18-11-7-5-4-6-10(11)14/h8,10-11H,3-7,14H2,1-2H3. The van der Waals surface area contributed by atoms with Crippen molar-refractivity contribution in [2.45, 2.75) is 51.7 Å². The van der Waals surface area contributed by atoms with E-state index in [1.807, 2.05) is 13.8 Å². The molecule has 1 heterocycles. The first kappa shape index (κ1) is 13.1. The molecule has 1 aromatic heterocycles. The Morgan fingerprint density at radius 1 is 1.28 bits per heavy atom. The van der Waals surface area contributed by atoms with Gasteiger partial charge in [0.25, 0.3) is 0 Å². The summed E-state index contributed by atoms with van der Waals surface area (Å²) in [6, 6.07) is 0.101. The molecular weight excluding hydrogens is 230 g/mol. The third-order valence-electron chi connectivity index (χ3n) is 3.29. The lowest BCUT2D eigenvalue weighted by molar-refractivity contribution is 0.124. The summed E-state index contributed by atoms with van der Waals surface area (Å²) in [7, 11) is 0. The van der Waals surface area contributed by atoms with Gasteiger partial charge in [-0.1, -0.05) is 6.42 Å². The van der Waals surface area contributed by atoms with Crippen molar-refractivity contribution in [3.63, 3.8) is 0 Å². The molecule has 0 amide bonds. The van der Waals surface area contributed by atoms with E-state index < -0.39 is 0 Å². The van der Waals surface area contributed by atoms with Crippen LogP contribution in [0.3, 0.4) is 0 Å². The molecule has 0 saturated heterocycles. The molecule has 1 aliphatic carbocycles. The van der Waals surface area contributed by atoms with Crippen LogP contribution < -0.4 is 15.2 Å². The van der Waals surface area contributed by atoms with Gasteiger partial charge in [-0.15, -0.1) is 0 Å². The Balaban J connectivity index is 2.10. The molecule has 1 saturated carbocycles. The van der Waals surface area contributed by atoms with Gasteiger partial charge in [-0.25, -0.2) is 9.97 Å². The Morgan fingerprint density at radius 3 is 2.72 bits per heavy atom. The molecule has 5 nitrogen and oxygen atoms in total. The summed E-state index contributed by atoms with van der Waals surface area (Å²) < 4.78 is 11.4. The minimum Gasteiger partial charge on any atom is -0.478 e.